The molecule has 0 saturated carbocycles. The van der Waals surface area contributed by atoms with E-state index in [1.54, 1.807) is 25.6 Å². The van der Waals surface area contributed by atoms with Crippen LogP contribution in [-0.4, -0.2) is 45.9 Å². The summed E-state index contributed by atoms with van der Waals surface area (Å²) in [5, 5.41) is 12.4. The minimum atomic E-state index is -0.441. The molecular weight excluding hydrogens is 440 g/mol. The number of nitrogens with zero attached hydrogens (tertiary/aromatic N) is 1. The number of amides is 1. The second-order valence-electron chi connectivity index (χ2n) is 8.11. The summed E-state index contributed by atoms with van der Waals surface area (Å²) in [6, 6.07) is 10.1. The second-order valence-corrected chi connectivity index (χ2v) is 9.30. The molecule has 0 fully saturated rings. The zero-order valence-corrected chi connectivity index (χ0v) is 20.0. The summed E-state index contributed by atoms with van der Waals surface area (Å²) in [7, 11) is 3.20. The predicted octanol–water partition coefficient (Wildman–Crippen LogP) is 3.85. The first-order valence-electron chi connectivity index (χ1n) is 11.1. The van der Waals surface area contributed by atoms with Crippen molar-refractivity contribution in [1.82, 2.24) is 5.32 Å². The standard InChI is InChI=1S/C25H30N2O5S/c1-30-11-10-27-25(29)32-16-18-7-9-21-22(15-26)24(33-23(21)13-18)14-19(28)8-6-17-4-3-5-20(12-17)31-2/h3-5,12,18H,6-11,13-14,16H2,1-2H3,(H,27,29). The zero-order chi connectivity index (χ0) is 23.6. The molecule has 2 aromatic rings. The van der Waals surface area contributed by atoms with E-state index in [4.69, 9.17) is 14.2 Å². The van der Waals surface area contributed by atoms with Crippen LogP contribution in [0.4, 0.5) is 4.79 Å². The molecule has 1 heterocycles. The molecule has 3 rings (SSSR count). The molecule has 1 unspecified atom stereocenters. The SMILES string of the molecule is COCCNC(=O)OCC1CCc2c(sc(CC(=O)CCc3cccc(OC)c3)c2C#N)C1. The fourth-order valence-electron chi connectivity index (χ4n) is 3.99. The van der Waals surface area contributed by atoms with Crippen LogP contribution in [0.2, 0.25) is 0 Å². The number of ketones is 1. The Morgan fingerprint density at radius 3 is 2.91 bits per heavy atom. The maximum Gasteiger partial charge on any atom is 0.407 e. The van der Waals surface area contributed by atoms with Crippen LogP contribution in [0, 0.1) is 17.2 Å². The Balaban J connectivity index is 1.54. The Labute approximate surface area is 198 Å². The molecule has 1 aliphatic rings. The molecule has 0 radical (unpaired) electrons. The fourth-order valence-corrected chi connectivity index (χ4v) is 5.43. The van der Waals surface area contributed by atoms with E-state index >= 15 is 0 Å². The predicted molar refractivity (Wildman–Crippen MR) is 126 cm³/mol. The van der Waals surface area contributed by atoms with Crippen molar-refractivity contribution < 1.29 is 23.8 Å². The highest BCUT2D eigenvalue weighted by atomic mass is 32.1. The van der Waals surface area contributed by atoms with E-state index in [-0.39, 0.29) is 18.1 Å². The smallest absolute Gasteiger partial charge is 0.407 e. The summed E-state index contributed by atoms with van der Waals surface area (Å²) in [5.74, 6) is 1.12. The van der Waals surface area contributed by atoms with E-state index in [1.165, 1.54) is 0 Å². The number of nitriles is 1. The maximum atomic E-state index is 12.7. The number of hydrogen-bond donors (Lipinski definition) is 1. The topological polar surface area (TPSA) is 97.7 Å². The number of methoxy groups -OCH3 is 2. The monoisotopic (exact) mass is 470 g/mol. The Morgan fingerprint density at radius 1 is 1.30 bits per heavy atom. The van der Waals surface area contributed by atoms with Gasteiger partial charge in [-0.15, -0.1) is 11.3 Å². The molecule has 7 nitrogen and oxygen atoms in total. The number of carbonyl (C=O) groups is 2. The molecule has 0 saturated heterocycles. The van der Waals surface area contributed by atoms with Gasteiger partial charge in [-0.25, -0.2) is 4.79 Å². The van der Waals surface area contributed by atoms with E-state index in [0.29, 0.717) is 38.2 Å². The number of ether oxygens (including phenoxy) is 3. The summed E-state index contributed by atoms with van der Waals surface area (Å²) in [4.78, 5) is 26.4. The lowest BCUT2D eigenvalue weighted by molar-refractivity contribution is -0.118. The van der Waals surface area contributed by atoms with Crippen LogP contribution >= 0.6 is 11.3 Å². The van der Waals surface area contributed by atoms with Gasteiger partial charge in [0, 0.05) is 36.3 Å². The van der Waals surface area contributed by atoms with Gasteiger partial charge in [0.05, 0.1) is 25.9 Å². The number of alkyl carbamates (subject to hydrolysis) is 1. The number of thiophene rings is 1. The first-order valence-corrected chi connectivity index (χ1v) is 11.9. The molecule has 1 atom stereocenters. The Morgan fingerprint density at radius 2 is 2.15 bits per heavy atom. The molecule has 0 aliphatic heterocycles. The third-order valence-electron chi connectivity index (χ3n) is 5.76. The lowest BCUT2D eigenvalue weighted by Gasteiger charge is -2.22. The number of fused-ring (bicyclic) bond motifs is 1. The lowest BCUT2D eigenvalue weighted by Crippen LogP contribution is -2.30. The van der Waals surface area contributed by atoms with Crippen LogP contribution in [0.1, 0.15) is 39.3 Å². The van der Waals surface area contributed by atoms with Crippen LogP contribution in [0.5, 0.6) is 5.75 Å². The average molecular weight is 471 g/mol. The summed E-state index contributed by atoms with van der Waals surface area (Å²) >= 11 is 1.56. The van der Waals surface area contributed by atoms with Gasteiger partial charge in [-0.05, 0) is 54.9 Å². The van der Waals surface area contributed by atoms with E-state index in [2.05, 4.69) is 11.4 Å². The average Bonchev–Trinajstić information content (AvgIpc) is 3.17. The Hall–Kier alpha value is -2.89. The molecule has 1 amide bonds. The molecular formula is C25H30N2O5S. The van der Waals surface area contributed by atoms with Gasteiger partial charge in [-0.3, -0.25) is 4.79 Å². The highest BCUT2D eigenvalue weighted by Gasteiger charge is 2.27. The Kier molecular flexibility index (Phi) is 9.28. The van der Waals surface area contributed by atoms with Gasteiger partial charge >= 0.3 is 6.09 Å². The van der Waals surface area contributed by atoms with Gasteiger partial charge in [0.1, 0.15) is 17.6 Å². The summed E-state index contributed by atoms with van der Waals surface area (Å²) in [6.45, 7) is 1.19. The van der Waals surface area contributed by atoms with Gasteiger partial charge in [-0.2, -0.15) is 5.26 Å². The van der Waals surface area contributed by atoms with Crippen LogP contribution in [0.25, 0.3) is 0 Å². The Bertz CT molecular complexity index is 1010. The van der Waals surface area contributed by atoms with Crippen molar-refractivity contribution in [2.45, 2.75) is 38.5 Å². The third kappa shape index (κ3) is 7.04. The maximum absolute atomic E-state index is 12.7. The largest absolute Gasteiger partial charge is 0.497 e. The molecule has 1 N–H and O–H groups in total. The molecule has 176 valence electrons. The van der Waals surface area contributed by atoms with Gasteiger partial charge in [0.15, 0.2) is 0 Å². The molecule has 1 aromatic heterocycles. The highest BCUT2D eigenvalue weighted by Crippen LogP contribution is 2.36. The fraction of sp³-hybridized carbons (Fsp3) is 0.480. The second kappa shape index (κ2) is 12.4. The van der Waals surface area contributed by atoms with Gasteiger partial charge in [-0.1, -0.05) is 12.1 Å². The summed E-state index contributed by atoms with van der Waals surface area (Å²) in [6.07, 6.45) is 3.30. The zero-order valence-electron chi connectivity index (χ0n) is 19.1. The third-order valence-corrected chi connectivity index (χ3v) is 7.02. The lowest BCUT2D eigenvalue weighted by atomic mass is 9.87. The van der Waals surface area contributed by atoms with Crippen molar-refractivity contribution in [2.24, 2.45) is 5.92 Å². The molecule has 33 heavy (non-hydrogen) atoms. The number of aryl methyl sites for hydroxylation is 1. The van der Waals surface area contributed by atoms with Crippen molar-refractivity contribution in [3.63, 3.8) is 0 Å². The number of hydrogen-bond acceptors (Lipinski definition) is 7. The first-order chi connectivity index (χ1) is 16.0. The number of benzene rings is 1. The van der Waals surface area contributed by atoms with Crippen LogP contribution in [0.15, 0.2) is 24.3 Å². The van der Waals surface area contributed by atoms with Crippen LogP contribution in [-0.2, 0) is 40.0 Å². The van der Waals surface area contributed by atoms with E-state index in [0.717, 1.165) is 45.9 Å². The molecule has 8 heteroatoms. The van der Waals surface area contributed by atoms with Gasteiger partial charge < -0.3 is 19.5 Å². The van der Waals surface area contributed by atoms with Crippen molar-refractivity contribution >= 4 is 23.2 Å². The number of rotatable bonds is 11. The normalized spacial score (nSPS) is 14.8. The summed E-state index contributed by atoms with van der Waals surface area (Å²) < 4.78 is 15.5. The molecule has 0 bridgehead atoms. The van der Waals surface area contributed by atoms with Crippen molar-refractivity contribution in [3.8, 4) is 11.8 Å². The van der Waals surface area contributed by atoms with Crippen molar-refractivity contribution in [3.05, 3.63) is 50.7 Å². The number of carbonyl (C=O) groups excluding carboxylic acids is 2. The quantitative estimate of drug-likeness (QED) is 0.501. The van der Waals surface area contributed by atoms with Gasteiger partial charge in [0.2, 0.25) is 0 Å². The number of nitrogens with one attached hydrogen (secondary N) is 1. The highest BCUT2D eigenvalue weighted by molar-refractivity contribution is 7.12. The number of Topliss-reactive ketones (excluding diaryl/α,β-unsaturated/α-hetero) is 1. The van der Waals surface area contributed by atoms with Crippen molar-refractivity contribution in [2.75, 3.05) is 34.0 Å². The van der Waals surface area contributed by atoms with Crippen molar-refractivity contribution in [1.29, 1.82) is 5.26 Å². The molecule has 0 spiro atoms. The molecule has 1 aliphatic carbocycles. The first kappa shape index (κ1) is 24.7. The summed E-state index contributed by atoms with van der Waals surface area (Å²) in [5.41, 5.74) is 2.79. The van der Waals surface area contributed by atoms with Crippen LogP contribution < -0.4 is 10.1 Å². The molecule has 1 aromatic carbocycles. The minimum absolute atomic E-state index is 0.125. The van der Waals surface area contributed by atoms with E-state index < -0.39 is 6.09 Å². The van der Waals surface area contributed by atoms with Crippen LogP contribution in [0.3, 0.4) is 0 Å². The van der Waals surface area contributed by atoms with E-state index in [9.17, 15) is 14.9 Å². The van der Waals surface area contributed by atoms with Gasteiger partial charge in [0.25, 0.3) is 0 Å². The minimum Gasteiger partial charge on any atom is -0.497 e. The van der Waals surface area contributed by atoms with E-state index in [1.807, 2.05) is 24.3 Å².